The maximum Gasteiger partial charge on any atom is 0.262 e. The number of ether oxygens (including phenoxy) is 1. The zero-order valence-electron chi connectivity index (χ0n) is 21.0. The van der Waals surface area contributed by atoms with E-state index in [0.717, 1.165) is 35.8 Å². The van der Waals surface area contributed by atoms with Crippen molar-refractivity contribution >= 4 is 28.9 Å². The number of carbonyl (C=O) groups is 2. The van der Waals surface area contributed by atoms with E-state index in [4.69, 9.17) is 9.84 Å². The number of amides is 2. The molecule has 7 nitrogen and oxygen atoms in total. The fourth-order valence-electron chi connectivity index (χ4n) is 4.45. The third-order valence-electron chi connectivity index (χ3n) is 6.31. The Morgan fingerprint density at radius 1 is 1.11 bits per heavy atom. The van der Waals surface area contributed by atoms with Gasteiger partial charge >= 0.3 is 0 Å². The molecular weight excluding hydrogens is 460 g/mol. The Labute approximate surface area is 212 Å². The number of nitrogens with zero attached hydrogens (tertiary/aromatic N) is 4. The molecule has 2 aliphatic rings. The van der Waals surface area contributed by atoms with Crippen molar-refractivity contribution in [3.63, 3.8) is 0 Å². The minimum absolute atomic E-state index is 0.0111. The average molecular weight is 497 g/mol. The van der Waals surface area contributed by atoms with Crippen molar-refractivity contribution in [3.05, 3.63) is 58.3 Å². The van der Waals surface area contributed by atoms with Crippen LogP contribution in [0.5, 0.6) is 0 Å². The summed E-state index contributed by atoms with van der Waals surface area (Å²) in [5.74, 6) is -0.133. The number of carbonyl (C=O) groups excluding carboxylic acids is 2. The molecule has 1 saturated heterocycles. The second-order valence-electron chi connectivity index (χ2n) is 10.4. The van der Waals surface area contributed by atoms with E-state index >= 15 is 0 Å². The monoisotopic (exact) mass is 496 g/mol. The Hall–Kier alpha value is -2.55. The van der Waals surface area contributed by atoms with Crippen LogP contribution in [0.3, 0.4) is 0 Å². The molecule has 2 amide bonds. The van der Waals surface area contributed by atoms with Crippen LogP contribution in [-0.2, 0) is 14.3 Å². The highest BCUT2D eigenvalue weighted by Gasteiger charge is 2.35. The minimum Gasteiger partial charge on any atom is -0.379 e. The molecule has 0 bridgehead atoms. The minimum atomic E-state index is -0.167. The van der Waals surface area contributed by atoms with Gasteiger partial charge in [0.1, 0.15) is 6.54 Å². The molecule has 35 heavy (non-hydrogen) atoms. The molecule has 0 spiro atoms. The molecule has 3 heterocycles. The van der Waals surface area contributed by atoms with Crippen LogP contribution in [0.2, 0.25) is 0 Å². The van der Waals surface area contributed by atoms with Crippen LogP contribution < -0.4 is 0 Å². The molecule has 1 atom stereocenters. The van der Waals surface area contributed by atoms with Crippen LogP contribution in [0.15, 0.2) is 52.9 Å². The number of benzene rings is 1. The topological polar surface area (TPSA) is 65.5 Å². The molecule has 1 fully saturated rings. The molecule has 2 aromatic rings. The van der Waals surface area contributed by atoms with E-state index in [1.165, 1.54) is 0 Å². The van der Waals surface area contributed by atoms with Gasteiger partial charge in [0.2, 0.25) is 5.91 Å². The fourth-order valence-corrected chi connectivity index (χ4v) is 5.17. The third-order valence-corrected chi connectivity index (χ3v) is 7.22. The number of hydrogen-bond donors (Lipinski definition) is 0. The highest BCUT2D eigenvalue weighted by Crippen LogP contribution is 2.34. The van der Waals surface area contributed by atoms with Gasteiger partial charge < -0.3 is 9.64 Å². The smallest absolute Gasteiger partial charge is 0.262 e. The first-order valence-electron chi connectivity index (χ1n) is 12.4. The molecule has 1 unspecified atom stereocenters. The molecule has 0 saturated carbocycles. The summed E-state index contributed by atoms with van der Waals surface area (Å²) in [4.78, 5) is 32.0. The van der Waals surface area contributed by atoms with Crippen LogP contribution in [0, 0.1) is 5.41 Å². The number of hydrogen-bond acceptors (Lipinski definition) is 6. The summed E-state index contributed by atoms with van der Waals surface area (Å²) in [5.41, 5.74) is 1.82. The Morgan fingerprint density at radius 3 is 2.51 bits per heavy atom. The number of morpholine rings is 1. The van der Waals surface area contributed by atoms with Gasteiger partial charge in [-0.3, -0.25) is 14.5 Å². The van der Waals surface area contributed by atoms with Crippen molar-refractivity contribution in [2.24, 2.45) is 10.5 Å². The molecule has 8 heteroatoms. The van der Waals surface area contributed by atoms with Gasteiger partial charge in [0, 0.05) is 39.0 Å². The van der Waals surface area contributed by atoms with E-state index in [9.17, 15) is 9.59 Å². The Balaban J connectivity index is 1.52. The van der Waals surface area contributed by atoms with E-state index in [-0.39, 0.29) is 29.8 Å². The summed E-state index contributed by atoms with van der Waals surface area (Å²) >= 11 is 1.63. The summed E-state index contributed by atoms with van der Waals surface area (Å²) in [7, 11) is 0. The maximum absolute atomic E-state index is 13.7. The molecule has 2 aliphatic heterocycles. The first kappa shape index (κ1) is 25.5. The number of hydrazone groups is 1. The van der Waals surface area contributed by atoms with E-state index in [1.54, 1.807) is 21.2 Å². The lowest BCUT2D eigenvalue weighted by Gasteiger charge is -2.32. The van der Waals surface area contributed by atoms with E-state index in [2.05, 4.69) is 25.7 Å². The van der Waals surface area contributed by atoms with Gasteiger partial charge in [0.05, 0.1) is 29.8 Å². The van der Waals surface area contributed by atoms with Crippen molar-refractivity contribution in [3.8, 4) is 0 Å². The first-order chi connectivity index (χ1) is 16.8. The van der Waals surface area contributed by atoms with Crippen LogP contribution in [0.25, 0.3) is 0 Å². The fraction of sp³-hybridized carbons (Fsp3) is 0.519. The molecule has 1 aromatic heterocycles. The average Bonchev–Trinajstić information content (AvgIpc) is 3.52. The first-order valence-corrected chi connectivity index (χ1v) is 13.2. The lowest BCUT2D eigenvalue weighted by Crippen LogP contribution is -2.47. The van der Waals surface area contributed by atoms with Gasteiger partial charge in [-0.15, -0.1) is 11.3 Å². The van der Waals surface area contributed by atoms with E-state index in [0.29, 0.717) is 32.6 Å². The highest BCUT2D eigenvalue weighted by molar-refractivity contribution is 7.12. The number of thiophene rings is 1. The zero-order valence-corrected chi connectivity index (χ0v) is 21.8. The van der Waals surface area contributed by atoms with Crippen LogP contribution in [0.4, 0.5) is 0 Å². The molecule has 0 aliphatic carbocycles. The Kier molecular flexibility index (Phi) is 8.36. The largest absolute Gasteiger partial charge is 0.379 e. The Morgan fingerprint density at radius 2 is 1.86 bits per heavy atom. The summed E-state index contributed by atoms with van der Waals surface area (Å²) in [6.45, 7) is 10.6. The van der Waals surface area contributed by atoms with Gasteiger partial charge in [0.25, 0.3) is 5.91 Å². The Bertz CT molecular complexity index is 1010. The van der Waals surface area contributed by atoms with Gasteiger partial charge in [-0.25, -0.2) is 5.01 Å². The molecule has 4 rings (SSSR count). The second-order valence-corrected chi connectivity index (χ2v) is 11.3. The third kappa shape index (κ3) is 6.99. The lowest BCUT2D eigenvalue weighted by atomic mass is 9.91. The molecule has 0 radical (unpaired) electrons. The summed E-state index contributed by atoms with van der Waals surface area (Å²) in [5, 5.41) is 8.40. The van der Waals surface area contributed by atoms with Gasteiger partial charge in [0.15, 0.2) is 0 Å². The van der Waals surface area contributed by atoms with Crippen molar-refractivity contribution in [2.75, 3.05) is 45.9 Å². The molecule has 1 aromatic carbocycles. The quantitative estimate of drug-likeness (QED) is 0.554. The van der Waals surface area contributed by atoms with Crippen molar-refractivity contribution in [2.45, 2.75) is 39.7 Å². The normalized spacial score (nSPS) is 19.0. The maximum atomic E-state index is 13.7. The molecular formula is C27H36N4O3S. The van der Waals surface area contributed by atoms with Crippen molar-refractivity contribution in [1.82, 2.24) is 14.8 Å². The lowest BCUT2D eigenvalue weighted by molar-refractivity contribution is -0.142. The predicted molar refractivity (Wildman–Crippen MR) is 139 cm³/mol. The SMILES string of the molecule is CC(C)(C)CC(=O)N(CCN1CCOCC1)CC(=O)N1N=C(c2cccs2)CC1c1ccccc1. The van der Waals surface area contributed by atoms with Gasteiger partial charge in [-0.1, -0.05) is 57.2 Å². The highest BCUT2D eigenvalue weighted by atomic mass is 32.1. The van der Waals surface area contributed by atoms with Crippen LogP contribution >= 0.6 is 11.3 Å². The van der Waals surface area contributed by atoms with Crippen LogP contribution in [-0.4, -0.2) is 78.3 Å². The summed E-state index contributed by atoms with van der Waals surface area (Å²) < 4.78 is 5.45. The van der Waals surface area contributed by atoms with Crippen LogP contribution in [0.1, 0.15) is 50.1 Å². The molecule has 188 valence electrons. The van der Waals surface area contributed by atoms with E-state index < -0.39 is 0 Å². The summed E-state index contributed by atoms with van der Waals surface area (Å²) in [6.07, 6.45) is 1.06. The van der Waals surface area contributed by atoms with Gasteiger partial charge in [-0.2, -0.15) is 5.10 Å². The van der Waals surface area contributed by atoms with Crippen molar-refractivity contribution < 1.29 is 14.3 Å². The summed E-state index contributed by atoms with van der Waals surface area (Å²) in [6, 6.07) is 13.9. The van der Waals surface area contributed by atoms with Gasteiger partial charge in [-0.05, 0) is 22.4 Å². The predicted octanol–water partition coefficient (Wildman–Crippen LogP) is 4.02. The zero-order chi connectivity index (χ0) is 24.8. The van der Waals surface area contributed by atoms with E-state index in [1.807, 2.05) is 47.8 Å². The number of rotatable bonds is 8. The second kappa shape index (κ2) is 11.5. The van der Waals surface area contributed by atoms with Crippen molar-refractivity contribution in [1.29, 1.82) is 0 Å². The standard InChI is InChI=1S/C27H36N4O3S/c1-27(2,3)19-25(32)30(12-11-29-13-15-34-16-14-29)20-26(33)31-23(21-8-5-4-6-9-21)18-22(28-31)24-10-7-17-35-24/h4-10,17,23H,11-16,18-20H2,1-3H3. The molecule has 0 N–H and O–H groups in total.